The lowest BCUT2D eigenvalue weighted by molar-refractivity contribution is -0.258. The fourth-order valence-corrected chi connectivity index (χ4v) is 5.69. The summed E-state index contributed by atoms with van der Waals surface area (Å²) in [5, 5.41) is 22.1. The molecule has 2 N–H and O–H groups in total. The molecule has 1 unspecified atom stereocenters. The first-order valence-corrected chi connectivity index (χ1v) is 16.2. The van der Waals surface area contributed by atoms with Crippen molar-refractivity contribution >= 4 is 32.5 Å². The summed E-state index contributed by atoms with van der Waals surface area (Å²) < 4.78 is 24.9. The van der Waals surface area contributed by atoms with Crippen molar-refractivity contribution in [2.24, 2.45) is 0 Å². The molecule has 183 valence electrons. The second-order valence-electron chi connectivity index (χ2n) is 8.45. The van der Waals surface area contributed by atoms with Gasteiger partial charge in [0.2, 0.25) is 0 Å². The molecule has 0 bridgehead atoms. The van der Waals surface area contributed by atoms with E-state index in [1.54, 1.807) is 0 Å². The first-order valence-electron chi connectivity index (χ1n) is 11.6. The summed E-state index contributed by atoms with van der Waals surface area (Å²) in [5.74, 6) is 0. The Morgan fingerprint density at radius 2 is 0.886 bits per heavy atom. The van der Waals surface area contributed by atoms with Crippen LogP contribution in [-0.4, -0.2) is 59.1 Å². The molecule has 0 aromatic heterocycles. The number of ether oxygens (including phenoxy) is 3. The molecule has 1 aliphatic carbocycles. The Kier molecular flexibility index (Phi) is 10.6. The van der Waals surface area contributed by atoms with Crippen LogP contribution in [-0.2, 0) is 37.8 Å². The van der Waals surface area contributed by atoms with Crippen molar-refractivity contribution in [2.45, 2.75) is 56.4 Å². The minimum atomic E-state index is -1.19. The molecule has 3 aromatic carbocycles. The van der Waals surface area contributed by atoms with Crippen LogP contribution >= 0.6 is 20.3 Å². The fourth-order valence-electron chi connectivity index (χ4n) is 4.24. The van der Waals surface area contributed by atoms with Gasteiger partial charge < -0.3 is 28.2 Å². The number of halogens is 1. The van der Waals surface area contributed by atoms with Gasteiger partial charge in [-0.2, -0.15) is 20.3 Å². The van der Waals surface area contributed by atoms with Crippen LogP contribution in [0.4, 0.5) is 0 Å². The van der Waals surface area contributed by atoms with Gasteiger partial charge >= 0.3 is 12.3 Å². The van der Waals surface area contributed by atoms with Crippen LogP contribution in [0.2, 0.25) is 0 Å². The van der Waals surface area contributed by atoms with E-state index in [1.807, 2.05) is 91.0 Å². The standard InChI is InChI=1S/C27H29O6.Al.HI/c28-22-23(29)25(31-16-19-10-4-1-5-11-19)27(33-18-21-14-8-3-9-15-21)26(24(22)30)32-17-20-12-6-2-7-13-20;;/h1-15,22-29H,16-18H2;;1H/q-1;+2;/p-1/t22-,23+,24+,25?,26-,27-;;/m1../s1. The van der Waals surface area contributed by atoms with Crippen LogP contribution in [0.5, 0.6) is 0 Å². The van der Waals surface area contributed by atoms with Gasteiger partial charge in [0.25, 0.3) is 0 Å². The Morgan fingerprint density at radius 3 is 1.29 bits per heavy atom. The van der Waals surface area contributed by atoms with Crippen molar-refractivity contribution < 1.29 is 28.2 Å². The molecule has 1 radical (unpaired) electrons. The maximum atomic E-state index is 11.1. The molecule has 0 saturated heterocycles. The second-order valence-corrected chi connectivity index (χ2v) is 10.4. The highest BCUT2D eigenvalue weighted by molar-refractivity contribution is 14.1. The average molecular weight is 603 g/mol. The summed E-state index contributed by atoms with van der Waals surface area (Å²) >= 11 is 1.74. The summed E-state index contributed by atoms with van der Waals surface area (Å²) in [6.07, 6.45) is -5.20. The Morgan fingerprint density at radius 1 is 0.543 bits per heavy atom. The van der Waals surface area contributed by atoms with Gasteiger partial charge in [-0.1, -0.05) is 91.0 Å². The number of hydrogen-bond donors (Lipinski definition) is 2. The van der Waals surface area contributed by atoms with Crippen molar-refractivity contribution in [1.29, 1.82) is 0 Å². The van der Waals surface area contributed by atoms with Gasteiger partial charge in [-0.15, -0.1) is 0 Å². The second kappa shape index (κ2) is 13.8. The predicted molar refractivity (Wildman–Crippen MR) is 142 cm³/mol. The lowest BCUT2D eigenvalue weighted by Crippen LogP contribution is -2.66. The van der Waals surface area contributed by atoms with E-state index in [0.717, 1.165) is 16.7 Å². The predicted octanol–water partition coefficient (Wildman–Crippen LogP) is 3.83. The lowest BCUT2D eigenvalue weighted by Gasteiger charge is -2.47. The van der Waals surface area contributed by atoms with Gasteiger partial charge in [-0.25, -0.2) is 0 Å². The van der Waals surface area contributed by atoms with Crippen molar-refractivity contribution in [1.82, 2.24) is 0 Å². The van der Waals surface area contributed by atoms with Gasteiger partial charge in [0.05, 0.1) is 25.9 Å². The molecule has 1 fully saturated rings. The number of hydrogen-bond acceptors (Lipinski definition) is 6. The largest absolute Gasteiger partial charge is 0.525 e. The first-order chi connectivity index (χ1) is 17.2. The maximum absolute atomic E-state index is 11.1. The molecule has 0 heterocycles. The smallest absolute Gasteiger partial charge is 0.492 e. The summed E-state index contributed by atoms with van der Waals surface area (Å²) in [5.41, 5.74) is 2.96. The molecule has 35 heavy (non-hydrogen) atoms. The number of rotatable bonds is 11. The van der Waals surface area contributed by atoms with Crippen molar-refractivity contribution in [3.05, 3.63) is 108 Å². The Bertz CT molecular complexity index is 996. The van der Waals surface area contributed by atoms with E-state index < -0.39 is 48.9 Å². The minimum absolute atomic E-state index is 0.273. The zero-order valence-corrected chi connectivity index (χ0v) is 22.5. The molecule has 6 atom stereocenters. The highest BCUT2D eigenvalue weighted by Crippen LogP contribution is 2.32. The maximum Gasteiger partial charge on any atom is 0.525 e. The van der Waals surface area contributed by atoms with Gasteiger partial charge in [-0.05, 0) is 16.7 Å². The molecule has 0 amide bonds. The molecule has 4 rings (SSSR count). The average Bonchev–Trinajstić information content (AvgIpc) is 2.91. The van der Waals surface area contributed by atoms with E-state index in [4.69, 9.17) is 18.0 Å². The Labute approximate surface area is 223 Å². The van der Waals surface area contributed by atoms with Crippen LogP contribution in [0.25, 0.3) is 0 Å². The Balaban J connectivity index is 1.59. The van der Waals surface area contributed by atoms with E-state index in [-0.39, 0.29) is 6.61 Å². The Hall–Kier alpha value is -1.32. The highest BCUT2D eigenvalue weighted by atomic mass is 127. The molecule has 8 heteroatoms. The molecule has 6 nitrogen and oxygen atoms in total. The van der Waals surface area contributed by atoms with Gasteiger partial charge in [0.15, 0.2) is 0 Å². The van der Waals surface area contributed by atoms with E-state index in [0.29, 0.717) is 13.2 Å². The SMILES string of the molecule is O[C@H]1[C@H]([O][Al][I])[C@@H](OCc2ccccc2)[C@H](OCc2ccccc2)C(OCc2ccccc2)[C@H]1O. The molecule has 0 aliphatic heterocycles. The zero-order chi connectivity index (χ0) is 24.5. The molecule has 0 spiro atoms. The minimum Gasteiger partial charge on any atom is -0.492 e. The first kappa shape index (κ1) is 26.7. The van der Waals surface area contributed by atoms with E-state index >= 15 is 0 Å². The van der Waals surface area contributed by atoms with Crippen LogP contribution in [0.3, 0.4) is 0 Å². The highest BCUT2D eigenvalue weighted by Gasteiger charge is 2.52. The number of aliphatic hydroxyl groups excluding tert-OH is 2. The third-order valence-corrected chi connectivity index (χ3v) is 7.36. The topological polar surface area (TPSA) is 77.4 Å². The van der Waals surface area contributed by atoms with Crippen LogP contribution in [0.15, 0.2) is 91.0 Å². The number of benzene rings is 3. The normalized spacial score (nSPS) is 26.4. The fraction of sp³-hybridized carbons (Fsp3) is 0.333. The monoisotopic (exact) mass is 603 g/mol. The van der Waals surface area contributed by atoms with Crippen LogP contribution in [0.1, 0.15) is 16.7 Å². The molecule has 1 aliphatic rings. The molecular weight excluding hydrogens is 574 g/mol. The molecule has 3 aromatic rings. The van der Waals surface area contributed by atoms with Gasteiger partial charge in [0, 0.05) is 0 Å². The van der Waals surface area contributed by atoms with Gasteiger partial charge in [-0.3, -0.25) is 0 Å². The third kappa shape index (κ3) is 7.35. The molecular formula is C27H29AlIO6. The summed E-state index contributed by atoms with van der Waals surface area (Å²) in [7, 11) is 0. The lowest BCUT2D eigenvalue weighted by atomic mass is 9.84. The van der Waals surface area contributed by atoms with E-state index in [1.165, 1.54) is 0 Å². The van der Waals surface area contributed by atoms with Gasteiger partial charge in [0.1, 0.15) is 30.5 Å². The zero-order valence-electron chi connectivity index (χ0n) is 19.2. The molecule has 1 saturated carbocycles. The quantitative estimate of drug-likeness (QED) is 0.257. The van der Waals surface area contributed by atoms with Crippen molar-refractivity contribution in [2.75, 3.05) is 0 Å². The van der Waals surface area contributed by atoms with Crippen molar-refractivity contribution in [3.8, 4) is 0 Å². The summed E-state index contributed by atoms with van der Waals surface area (Å²) in [4.78, 5) is 0. The van der Waals surface area contributed by atoms with E-state index in [9.17, 15) is 10.2 Å². The number of aliphatic hydroxyl groups is 2. The van der Waals surface area contributed by atoms with Crippen LogP contribution in [0, 0.1) is 0 Å². The van der Waals surface area contributed by atoms with Crippen molar-refractivity contribution in [3.63, 3.8) is 0 Å². The summed E-state index contributed by atoms with van der Waals surface area (Å²) in [6.45, 7) is 0.908. The third-order valence-electron chi connectivity index (χ3n) is 6.06. The van der Waals surface area contributed by atoms with Crippen LogP contribution < -0.4 is 0 Å². The summed E-state index contributed by atoms with van der Waals surface area (Å²) in [6, 6.07) is 29.4. The van der Waals surface area contributed by atoms with E-state index in [2.05, 4.69) is 20.3 Å².